The lowest BCUT2D eigenvalue weighted by Crippen LogP contribution is -2.44. The van der Waals surface area contributed by atoms with Gasteiger partial charge in [0.05, 0.1) is 6.20 Å². The fourth-order valence-electron chi connectivity index (χ4n) is 3.66. The van der Waals surface area contributed by atoms with Crippen LogP contribution in [0.4, 0.5) is 11.5 Å². The van der Waals surface area contributed by atoms with Gasteiger partial charge in [0.1, 0.15) is 11.9 Å². The van der Waals surface area contributed by atoms with E-state index in [0.717, 1.165) is 37.4 Å². The number of benzene rings is 1. The quantitative estimate of drug-likeness (QED) is 0.903. The Hall–Kier alpha value is -2.47. The summed E-state index contributed by atoms with van der Waals surface area (Å²) in [4.78, 5) is 4.61. The third-order valence-electron chi connectivity index (χ3n) is 4.81. The Morgan fingerprint density at radius 3 is 2.88 bits per heavy atom. The number of aromatic nitrogens is 2. The molecule has 2 aliphatic heterocycles. The zero-order chi connectivity index (χ0) is 16.5. The van der Waals surface area contributed by atoms with Crippen LogP contribution in [0.25, 0.3) is 0 Å². The molecular formula is C18H24N6. The number of nitrogens with two attached hydrogens (primary N) is 1. The Labute approximate surface area is 142 Å². The van der Waals surface area contributed by atoms with E-state index in [1.807, 2.05) is 30.2 Å². The highest BCUT2D eigenvalue weighted by Gasteiger charge is 2.29. The zero-order valence-electron chi connectivity index (χ0n) is 14.0. The maximum Gasteiger partial charge on any atom is 0.151 e. The largest absolute Gasteiger partial charge is 0.366 e. The smallest absolute Gasteiger partial charge is 0.151 e. The molecule has 0 aliphatic carbocycles. The van der Waals surface area contributed by atoms with Crippen LogP contribution in [0.15, 0.2) is 48.9 Å². The molecule has 2 atom stereocenters. The van der Waals surface area contributed by atoms with Crippen LogP contribution in [-0.2, 0) is 7.05 Å². The molecule has 2 unspecified atom stereocenters. The molecule has 24 heavy (non-hydrogen) atoms. The zero-order valence-corrected chi connectivity index (χ0v) is 14.0. The normalized spacial score (nSPS) is 23.6. The standard InChI is InChI=1S/C18H24N6/c1-22-18(23-10-5-8-15(19)13-23)16(12-21-22)24-11-9-20-17(24)14-6-3-2-4-7-14/h2-4,6-7,9,11-12,15,17,20H,5,8,10,13,19H2,1H3. The average Bonchev–Trinajstić information content (AvgIpc) is 3.22. The van der Waals surface area contributed by atoms with Crippen LogP contribution in [0.1, 0.15) is 24.6 Å². The summed E-state index contributed by atoms with van der Waals surface area (Å²) in [6, 6.07) is 10.7. The maximum absolute atomic E-state index is 6.19. The first kappa shape index (κ1) is 15.1. The van der Waals surface area contributed by atoms with E-state index in [-0.39, 0.29) is 12.2 Å². The molecule has 0 saturated carbocycles. The molecule has 3 N–H and O–H groups in total. The van der Waals surface area contributed by atoms with Gasteiger partial charge in [0.15, 0.2) is 5.82 Å². The molecule has 0 bridgehead atoms. The molecule has 0 radical (unpaired) electrons. The van der Waals surface area contributed by atoms with Gasteiger partial charge in [-0.25, -0.2) is 0 Å². The summed E-state index contributed by atoms with van der Waals surface area (Å²) in [5, 5.41) is 7.96. The fourth-order valence-corrected chi connectivity index (χ4v) is 3.66. The highest BCUT2D eigenvalue weighted by molar-refractivity contribution is 5.70. The van der Waals surface area contributed by atoms with Crippen LogP contribution in [0.3, 0.4) is 0 Å². The van der Waals surface area contributed by atoms with Gasteiger partial charge in [0, 0.05) is 38.6 Å². The minimum atomic E-state index is 0.0904. The van der Waals surface area contributed by atoms with Gasteiger partial charge < -0.3 is 20.9 Å². The fraction of sp³-hybridized carbons (Fsp3) is 0.389. The van der Waals surface area contributed by atoms with Gasteiger partial charge in [-0.15, -0.1) is 0 Å². The molecule has 0 amide bonds. The number of rotatable bonds is 3. The van der Waals surface area contributed by atoms with Crippen LogP contribution in [0.5, 0.6) is 0 Å². The number of anilines is 2. The van der Waals surface area contributed by atoms with E-state index >= 15 is 0 Å². The first-order valence-electron chi connectivity index (χ1n) is 8.52. The molecule has 1 aromatic carbocycles. The van der Waals surface area contributed by atoms with Crippen molar-refractivity contribution >= 4 is 11.5 Å². The van der Waals surface area contributed by atoms with Crippen molar-refractivity contribution in [1.29, 1.82) is 0 Å². The van der Waals surface area contributed by atoms with E-state index in [9.17, 15) is 0 Å². The van der Waals surface area contributed by atoms with Gasteiger partial charge in [-0.2, -0.15) is 5.10 Å². The lowest BCUT2D eigenvalue weighted by molar-refractivity contribution is 0.496. The van der Waals surface area contributed by atoms with Gasteiger partial charge in [0.2, 0.25) is 0 Å². The summed E-state index contributed by atoms with van der Waals surface area (Å²) in [6.07, 6.45) is 8.35. The first-order valence-corrected chi connectivity index (χ1v) is 8.52. The van der Waals surface area contributed by atoms with E-state index in [4.69, 9.17) is 5.73 Å². The van der Waals surface area contributed by atoms with E-state index < -0.39 is 0 Å². The molecule has 2 aliphatic rings. The number of piperidine rings is 1. The summed E-state index contributed by atoms with van der Waals surface area (Å²) < 4.78 is 1.96. The topological polar surface area (TPSA) is 62.4 Å². The van der Waals surface area contributed by atoms with Gasteiger partial charge in [-0.3, -0.25) is 4.68 Å². The van der Waals surface area contributed by atoms with Crippen LogP contribution in [-0.4, -0.2) is 28.9 Å². The third-order valence-corrected chi connectivity index (χ3v) is 4.81. The molecule has 6 heteroatoms. The van der Waals surface area contributed by atoms with Crippen molar-refractivity contribution in [3.63, 3.8) is 0 Å². The summed E-state index contributed by atoms with van der Waals surface area (Å²) >= 11 is 0. The summed E-state index contributed by atoms with van der Waals surface area (Å²) in [7, 11) is 2.00. The molecule has 1 aromatic heterocycles. The van der Waals surface area contributed by atoms with Crippen LogP contribution >= 0.6 is 0 Å². The minimum absolute atomic E-state index is 0.0904. The molecule has 0 spiro atoms. The molecule has 2 aromatic rings. The average molecular weight is 324 g/mol. The predicted molar refractivity (Wildman–Crippen MR) is 96.6 cm³/mol. The molecule has 1 saturated heterocycles. The van der Waals surface area contributed by atoms with Crippen LogP contribution < -0.4 is 20.9 Å². The van der Waals surface area contributed by atoms with Crippen molar-refractivity contribution in [3.8, 4) is 0 Å². The van der Waals surface area contributed by atoms with Gasteiger partial charge >= 0.3 is 0 Å². The molecule has 1 fully saturated rings. The highest BCUT2D eigenvalue weighted by Crippen LogP contribution is 2.36. The Kier molecular flexibility index (Phi) is 3.90. The number of nitrogens with one attached hydrogen (secondary N) is 1. The highest BCUT2D eigenvalue weighted by atomic mass is 15.4. The minimum Gasteiger partial charge on any atom is -0.366 e. The molecule has 6 nitrogen and oxygen atoms in total. The maximum atomic E-state index is 6.19. The second-order valence-corrected chi connectivity index (χ2v) is 6.53. The SMILES string of the molecule is Cn1ncc(N2C=CNC2c2ccccc2)c1N1CCCC(N)C1. The van der Waals surface area contributed by atoms with E-state index in [2.05, 4.69) is 50.7 Å². The second-order valence-electron chi connectivity index (χ2n) is 6.53. The Morgan fingerprint density at radius 1 is 1.25 bits per heavy atom. The Bertz CT molecular complexity index is 722. The van der Waals surface area contributed by atoms with Crippen LogP contribution in [0.2, 0.25) is 0 Å². The molecule has 3 heterocycles. The molecule has 126 valence electrons. The van der Waals surface area contributed by atoms with E-state index in [1.54, 1.807) is 0 Å². The van der Waals surface area contributed by atoms with E-state index in [1.165, 1.54) is 5.56 Å². The van der Waals surface area contributed by atoms with Gasteiger partial charge in [0.25, 0.3) is 0 Å². The lowest BCUT2D eigenvalue weighted by atomic mass is 10.1. The van der Waals surface area contributed by atoms with Crippen molar-refractivity contribution in [2.45, 2.75) is 25.0 Å². The number of nitrogens with zero attached hydrogens (tertiary/aromatic N) is 4. The number of aryl methyl sites for hydroxylation is 1. The molecule has 4 rings (SSSR count). The van der Waals surface area contributed by atoms with Crippen LogP contribution in [0, 0.1) is 0 Å². The Balaban J connectivity index is 1.68. The summed E-state index contributed by atoms with van der Waals surface area (Å²) in [5.41, 5.74) is 8.53. The van der Waals surface area contributed by atoms with Crippen molar-refractivity contribution in [2.24, 2.45) is 12.8 Å². The van der Waals surface area contributed by atoms with Gasteiger partial charge in [-0.05, 0) is 18.4 Å². The summed E-state index contributed by atoms with van der Waals surface area (Å²) in [5.74, 6) is 1.14. The molecular weight excluding hydrogens is 300 g/mol. The number of hydrogen-bond acceptors (Lipinski definition) is 5. The van der Waals surface area contributed by atoms with Gasteiger partial charge in [-0.1, -0.05) is 30.3 Å². The van der Waals surface area contributed by atoms with Crippen molar-refractivity contribution in [3.05, 3.63) is 54.5 Å². The monoisotopic (exact) mass is 324 g/mol. The third kappa shape index (κ3) is 2.63. The second kappa shape index (κ2) is 6.20. The Morgan fingerprint density at radius 2 is 2.08 bits per heavy atom. The lowest BCUT2D eigenvalue weighted by Gasteiger charge is -2.35. The summed E-state index contributed by atoms with van der Waals surface area (Å²) in [6.45, 7) is 1.91. The van der Waals surface area contributed by atoms with Crippen molar-refractivity contribution in [1.82, 2.24) is 15.1 Å². The predicted octanol–water partition coefficient (Wildman–Crippen LogP) is 1.93. The first-order chi connectivity index (χ1) is 11.7. The van der Waals surface area contributed by atoms with Crippen molar-refractivity contribution in [2.75, 3.05) is 22.9 Å². The van der Waals surface area contributed by atoms with Crippen molar-refractivity contribution < 1.29 is 0 Å². The number of hydrogen-bond donors (Lipinski definition) is 2. The van der Waals surface area contributed by atoms with E-state index in [0.29, 0.717) is 0 Å².